The molecule has 13 heteroatoms. The van der Waals surface area contributed by atoms with E-state index in [0.29, 0.717) is 6.42 Å². The number of ether oxygens (including phenoxy) is 2. The van der Waals surface area contributed by atoms with Gasteiger partial charge in [-0.05, 0) is 51.0 Å². The highest BCUT2D eigenvalue weighted by atomic mass is 31.2. The number of phosphoric ester groups is 1. The second-order valence-corrected chi connectivity index (χ2v) is 18.8. The van der Waals surface area contributed by atoms with E-state index in [1.54, 1.807) is 0 Å². The third kappa shape index (κ3) is 31.2. The molecule has 0 aromatic rings. The maximum absolute atomic E-state index is 12.8. The molecule has 0 heterocycles. The number of phosphoric acid groups is 1. The fourth-order valence-corrected chi connectivity index (χ4v) is 8.64. The molecule has 360 valence electrons. The number of unbranched alkanes of at least 4 members (excludes halogenated alkanes) is 28. The third-order valence-electron chi connectivity index (χ3n) is 11.6. The normalized spacial score (nSPS) is 22.2. The van der Waals surface area contributed by atoms with Gasteiger partial charge in [0.05, 0.1) is 12.9 Å². The second-order valence-electron chi connectivity index (χ2n) is 17.4. The fraction of sp³-hybridized carbons (Fsp3) is 0.896. The summed E-state index contributed by atoms with van der Waals surface area (Å²) in [5.41, 5.74) is 0. The lowest BCUT2D eigenvalue weighted by Gasteiger charge is -2.41. The average molecular weight is 891 g/mol. The van der Waals surface area contributed by atoms with E-state index in [2.05, 4.69) is 26.0 Å². The summed E-state index contributed by atoms with van der Waals surface area (Å²) in [5.74, 6) is -0.505. The number of aliphatic hydroxyl groups is 5. The SMILES string of the molecule is CCCCCCCCC/C=C\CCCCCCCC(=O)O[C@H](CO/C=C\CCCCCCCCCCCCCCCCCC)COP(=O)(O)OC1C(O)C(O)C(O)[C@@H](O)C1O. The van der Waals surface area contributed by atoms with Crippen molar-refractivity contribution in [3.63, 3.8) is 0 Å². The van der Waals surface area contributed by atoms with Crippen LogP contribution in [0.3, 0.4) is 0 Å². The fourth-order valence-electron chi connectivity index (χ4n) is 7.67. The first-order valence-electron chi connectivity index (χ1n) is 24.7. The van der Waals surface area contributed by atoms with Gasteiger partial charge in [-0.15, -0.1) is 0 Å². The van der Waals surface area contributed by atoms with E-state index in [4.69, 9.17) is 18.5 Å². The Bertz CT molecular complexity index is 1110. The number of carbonyl (C=O) groups excluding carboxylic acids is 1. The number of rotatable bonds is 42. The summed E-state index contributed by atoms with van der Waals surface area (Å²) in [4.78, 5) is 23.2. The Morgan fingerprint density at radius 1 is 0.508 bits per heavy atom. The predicted octanol–water partition coefficient (Wildman–Crippen LogP) is 10.8. The average Bonchev–Trinajstić information content (AvgIpc) is 3.24. The Hall–Kier alpha value is -1.34. The largest absolute Gasteiger partial charge is 0.498 e. The molecule has 8 atom stereocenters. The Morgan fingerprint density at radius 3 is 1.30 bits per heavy atom. The van der Waals surface area contributed by atoms with Crippen LogP contribution in [-0.4, -0.2) is 92.3 Å². The summed E-state index contributed by atoms with van der Waals surface area (Å²) >= 11 is 0. The minimum absolute atomic E-state index is 0.161. The summed E-state index contributed by atoms with van der Waals surface area (Å²) in [6.07, 6.45) is 33.3. The number of hydrogen-bond acceptors (Lipinski definition) is 11. The Balaban J connectivity index is 2.39. The van der Waals surface area contributed by atoms with E-state index >= 15 is 0 Å². The molecular weight excluding hydrogens is 799 g/mol. The molecule has 1 fully saturated rings. The van der Waals surface area contributed by atoms with Gasteiger partial charge in [-0.1, -0.05) is 180 Å². The lowest BCUT2D eigenvalue weighted by molar-refractivity contribution is -0.220. The molecule has 1 saturated carbocycles. The molecule has 0 bridgehead atoms. The predicted molar refractivity (Wildman–Crippen MR) is 244 cm³/mol. The van der Waals surface area contributed by atoms with Gasteiger partial charge in [0.1, 0.15) is 43.2 Å². The molecule has 6 N–H and O–H groups in total. The summed E-state index contributed by atoms with van der Waals surface area (Å²) in [6, 6.07) is 0. The lowest BCUT2D eigenvalue weighted by Crippen LogP contribution is -2.64. The first kappa shape index (κ1) is 57.7. The summed E-state index contributed by atoms with van der Waals surface area (Å²) in [6.45, 7) is 3.74. The first-order valence-corrected chi connectivity index (χ1v) is 26.2. The standard InChI is InChI=1S/C48H91O12P/c1-3-5-7-9-11-13-15-17-19-21-22-24-26-28-30-32-34-36-38-57-39-41(40-58-61(55,56)60-48-46(53)44(51)43(50)45(52)47(48)54)59-42(49)37-35-33-31-29-27-25-23-20-18-16-14-12-10-8-6-4-2/h20,23,36,38,41,43-48,50-54H,3-19,21-22,24-35,37,39-40H2,1-2H3,(H,55,56)/b23-20-,38-36-/t41-,43?,44-,45?,46?,47?,48?/m1/s1. The van der Waals surface area contributed by atoms with Gasteiger partial charge in [0.2, 0.25) is 0 Å². The number of carbonyl (C=O) groups is 1. The van der Waals surface area contributed by atoms with Gasteiger partial charge < -0.3 is 39.9 Å². The van der Waals surface area contributed by atoms with Crippen LogP contribution in [0.5, 0.6) is 0 Å². The van der Waals surface area contributed by atoms with Gasteiger partial charge in [-0.25, -0.2) is 4.57 Å². The molecule has 1 aliphatic carbocycles. The van der Waals surface area contributed by atoms with Gasteiger partial charge in [-0.2, -0.15) is 0 Å². The van der Waals surface area contributed by atoms with Crippen LogP contribution in [0.1, 0.15) is 219 Å². The number of esters is 1. The molecule has 0 amide bonds. The molecular formula is C48H91O12P. The highest BCUT2D eigenvalue weighted by Crippen LogP contribution is 2.47. The van der Waals surface area contributed by atoms with E-state index in [-0.39, 0.29) is 13.0 Å². The van der Waals surface area contributed by atoms with Gasteiger partial charge in [0, 0.05) is 6.42 Å². The van der Waals surface area contributed by atoms with Crippen LogP contribution in [0.25, 0.3) is 0 Å². The summed E-state index contributed by atoms with van der Waals surface area (Å²) in [7, 11) is -5.03. The topological polar surface area (TPSA) is 192 Å². The molecule has 0 aliphatic heterocycles. The van der Waals surface area contributed by atoms with E-state index in [1.807, 2.05) is 6.08 Å². The monoisotopic (exact) mass is 891 g/mol. The number of hydrogen-bond donors (Lipinski definition) is 6. The van der Waals surface area contributed by atoms with Crippen LogP contribution < -0.4 is 0 Å². The van der Waals surface area contributed by atoms with Gasteiger partial charge in [0.15, 0.2) is 6.10 Å². The lowest BCUT2D eigenvalue weighted by atomic mass is 9.85. The Kier molecular flexibility index (Phi) is 36.9. The molecule has 6 unspecified atom stereocenters. The molecule has 1 rings (SSSR count). The highest BCUT2D eigenvalue weighted by molar-refractivity contribution is 7.47. The molecule has 61 heavy (non-hydrogen) atoms. The van der Waals surface area contributed by atoms with Gasteiger partial charge in [0.25, 0.3) is 0 Å². The van der Waals surface area contributed by atoms with E-state index in [1.165, 1.54) is 141 Å². The van der Waals surface area contributed by atoms with Crippen molar-refractivity contribution in [2.45, 2.75) is 262 Å². The van der Waals surface area contributed by atoms with Crippen molar-refractivity contribution in [3.05, 3.63) is 24.5 Å². The van der Waals surface area contributed by atoms with Crippen molar-refractivity contribution in [3.8, 4) is 0 Å². The van der Waals surface area contributed by atoms with Crippen LogP contribution in [-0.2, 0) is 27.9 Å². The van der Waals surface area contributed by atoms with Crippen LogP contribution in [0.15, 0.2) is 24.5 Å². The zero-order valence-electron chi connectivity index (χ0n) is 38.5. The molecule has 0 radical (unpaired) electrons. The van der Waals surface area contributed by atoms with Crippen molar-refractivity contribution >= 4 is 13.8 Å². The van der Waals surface area contributed by atoms with E-state index in [0.717, 1.165) is 57.8 Å². The van der Waals surface area contributed by atoms with Crippen molar-refractivity contribution in [1.82, 2.24) is 0 Å². The minimum atomic E-state index is -5.03. The first-order chi connectivity index (χ1) is 29.5. The van der Waals surface area contributed by atoms with Crippen LogP contribution in [0.2, 0.25) is 0 Å². The molecule has 0 aromatic heterocycles. The maximum atomic E-state index is 12.8. The second kappa shape index (κ2) is 39.1. The van der Waals surface area contributed by atoms with Crippen LogP contribution in [0.4, 0.5) is 0 Å². The van der Waals surface area contributed by atoms with Crippen LogP contribution in [0, 0.1) is 0 Å². The summed E-state index contributed by atoms with van der Waals surface area (Å²) in [5, 5.41) is 50.2. The molecule has 0 spiro atoms. The third-order valence-corrected chi connectivity index (χ3v) is 12.6. The van der Waals surface area contributed by atoms with Crippen molar-refractivity contribution in [1.29, 1.82) is 0 Å². The molecule has 0 aromatic carbocycles. The van der Waals surface area contributed by atoms with Crippen molar-refractivity contribution in [2.24, 2.45) is 0 Å². The van der Waals surface area contributed by atoms with Gasteiger partial charge >= 0.3 is 13.8 Å². The Labute approximate surface area is 370 Å². The molecule has 1 aliphatic rings. The maximum Gasteiger partial charge on any atom is 0.472 e. The highest BCUT2D eigenvalue weighted by Gasteiger charge is 2.51. The van der Waals surface area contributed by atoms with E-state index < -0.39 is 63.1 Å². The van der Waals surface area contributed by atoms with Crippen LogP contribution >= 0.6 is 7.82 Å². The molecule has 0 saturated heterocycles. The zero-order valence-corrected chi connectivity index (χ0v) is 39.4. The molecule has 12 nitrogen and oxygen atoms in total. The Morgan fingerprint density at radius 2 is 0.869 bits per heavy atom. The van der Waals surface area contributed by atoms with Crippen molar-refractivity contribution in [2.75, 3.05) is 13.2 Å². The van der Waals surface area contributed by atoms with Gasteiger partial charge in [-0.3, -0.25) is 13.8 Å². The smallest absolute Gasteiger partial charge is 0.472 e. The zero-order chi connectivity index (χ0) is 44.8. The number of aliphatic hydroxyl groups excluding tert-OH is 5. The minimum Gasteiger partial charge on any atom is -0.498 e. The van der Waals surface area contributed by atoms with Crippen molar-refractivity contribution < 1.29 is 58.3 Å². The number of allylic oxidation sites excluding steroid dienone is 3. The quantitative estimate of drug-likeness (QED) is 0.0112. The van der Waals surface area contributed by atoms with E-state index in [9.17, 15) is 39.8 Å². The summed E-state index contributed by atoms with van der Waals surface area (Å²) < 4.78 is 34.0.